The minimum Gasteiger partial charge on any atom is -0.489 e. The Morgan fingerprint density at radius 1 is 1.17 bits per heavy atom. The standard InChI is InChI=1S/C13H22N2O3/c1-3-4-15-12-9-13(11-14-10-12)18-8-7-17-6-5-16-2/h9-11,15H,3-8H2,1-2H3. The molecule has 0 fully saturated rings. The van der Waals surface area contributed by atoms with E-state index in [9.17, 15) is 0 Å². The number of pyridine rings is 1. The molecule has 5 heteroatoms. The average molecular weight is 254 g/mol. The highest BCUT2D eigenvalue weighted by Crippen LogP contribution is 2.14. The van der Waals surface area contributed by atoms with Gasteiger partial charge in [0.05, 0.1) is 37.9 Å². The summed E-state index contributed by atoms with van der Waals surface area (Å²) in [6.45, 7) is 5.33. The molecule has 0 unspecified atom stereocenters. The van der Waals surface area contributed by atoms with Crippen LogP contribution in [0.15, 0.2) is 18.5 Å². The van der Waals surface area contributed by atoms with Crippen LogP contribution in [-0.4, -0.2) is 45.1 Å². The summed E-state index contributed by atoms with van der Waals surface area (Å²) in [5, 5.41) is 3.26. The van der Waals surface area contributed by atoms with Gasteiger partial charge in [0.15, 0.2) is 0 Å². The van der Waals surface area contributed by atoms with Crippen LogP contribution in [0, 0.1) is 0 Å². The molecule has 0 spiro atoms. The van der Waals surface area contributed by atoms with Crippen molar-refractivity contribution in [2.75, 3.05) is 45.4 Å². The van der Waals surface area contributed by atoms with Gasteiger partial charge in [-0.25, -0.2) is 0 Å². The molecule has 0 aliphatic rings. The molecular weight excluding hydrogens is 232 g/mol. The molecule has 1 aromatic heterocycles. The zero-order valence-corrected chi connectivity index (χ0v) is 11.1. The first-order valence-electron chi connectivity index (χ1n) is 6.25. The number of anilines is 1. The van der Waals surface area contributed by atoms with E-state index >= 15 is 0 Å². The molecule has 0 saturated carbocycles. The number of nitrogens with zero attached hydrogens (tertiary/aromatic N) is 1. The van der Waals surface area contributed by atoms with Crippen molar-refractivity contribution in [1.82, 2.24) is 4.98 Å². The number of aromatic nitrogens is 1. The van der Waals surface area contributed by atoms with Gasteiger partial charge in [-0.3, -0.25) is 4.98 Å². The molecule has 0 aromatic carbocycles. The van der Waals surface area contributed by atoms with Crippen LogP contribution >= 0.6 is 0 Å². The summed E-state index contributed by atoms with van der Waals surface area (Å²) >= 11 is 0. The predicted octanol–water partition coefficient (Wildman–Crippen LogP) is 1.95. The summed E-state index contributed by atoms with van der Waals surface area (Å²) in [7, 11) is 1.65. The number of rotatable bonds is 10. The lowest BCUT2D eigenvalue weighted by Crippen LogP contribution is -2.10. The van der Waals surface area contributed by atoms with Crippen molar-refractivity contribution in [3.63, 3.8) is 0 Å². The smallest absolute Gasteiger partial charge is 0.139 e. The van der Waals surface area contributed by atoms with Gasteiger partial charge in [-0.15, -0.1) is 0 Å². The molecule has 1 rings (SSSR count). The Morgan fingerprint density at radius 2 is 2.00 bits per heavy atom. The van der Waals surface area contributed by atoms with Crippen LogP contribution in [0.2, 0.25) is 0 Å². The molecule has 1 aromatic rings. The van der Waals surface area contributed by atoms with Crippen LogP contribution in [0.3, 0.4) is 0 Å². The van der Waals surface area contributed by atoms with Crippen LogP contribution in [-0.2, 0) is 9.47 Å². The average Bonchev–Trinajstić information content (AvgIpc) is 2.41. The largest absolute Gasteiger partial charge is 0.489 e. The first-order valence-corrected chi connectivity index (χ1v) is 6.25. The third-order valence-corrected chi connectivity index (χ3v) is 2.22. The molecule has 0 amide bonds. The molecule has 5 nitrogen and oxygen atoms in total. The summed E-state index contributed by atoms with van der Waals surface area (Å²) in [5.74, 6) is 0.756. The Labute approximate surface area is 108 Å². The maximum Gasteiger partial charge on any atom is 0.139 e. The zero-order chi connectivity index (χ0) is 13.1. The number of ether oxygens (including phenoxy) is 3. The molecular formula is C13H22N2O3. The molecule has 1 heterocycles. The van der Waals surface area contributed by atoms with Gasteiger partial charge in [-0.1, -0.05) is 6.92 Å². The van der Waals surface area contributed by atoms with Gasteiger partial charge < -0.3 is 19.5 Å². The minimum absolute atomic E-state index is 0.516. The van der Waals surface area contributed by atoms with Gasteiger partial charge in [0.2, 0.25) is 0 Å². The van der Waals surface area contributed by atoms with Crippen molar-refractivity contribution >= 4 is 5.69 Å². The fourth-order valence-electron chi connectivity index (χ4n) is 1.33. The molecule has 0 aliphatic carbocycles. The predicted molar refractivity (Wildman–Crippen MR) is 71.2 cm³/mol. The molecule has 0 atom stereocenters. The third kappa shape index (κ3) is 6.42. The molecule has 0 aliphatic heterocycles. The SMILES string of the molecule is CCCNc1cncc(OCCOCCOC)c1. The van der Waals surface area contributed by atoms with E-state index in [1.165, 1.54) is 0 Å². The molecule has 0 saturated heterocycles. The van der Waals surface area contributed by atoms with Crippen LogP contribution in [0.5, 0.6) is 5.75 Å². The minimum atomic E-state index is 0.516. The van der Waals surface area contributed by atoms with E-state index in [0.29, 0.717) is 26.4 Å². The van der Waals surface area contributed by atoms with Crippen molar-refractivity contribution in [3.8, 4) is 5.75 Å². The van der Waals surface area contributed by atoms with E-state index in [2.05, 4.69) is 17.2 Å². The number of hydrogen-bond acceptors (Lipinski definition) is 5. The van der Waals surface area contributed by atoms with E-state index in [4.69, 9.17) is 14.2 Å². The van der Waals surface area contributed by atoms with Crippen molar-refractivity contribution in [3.05, 3.63) is 18.5 Å². The fraction of sp³-hybridized carbons (Fsp3) is 0.615. The topological polar surface area (TPSA) is 52.6 Å². The van der Waals surface area contributed by atoms with Crippen molar-refractivity contribution in [1.29, 1.82) is 0 Å². The van der Waals surface area contributed by atoms with Gasteiger partial charge in [-0.2, -0.15) is 0 Å². The maximum absolute atomic E-state index is 5.54. The van der Waals surface area contributed by atoms with Gasteiger partial charge in [0.1, 0.15) is 12.4 Å². The Kier molecular flexibility index (Phi) is 7.92. The highest BCUT2D eigenvalue weighted by Gasteiger charge is 1.97. The summed E-state index contributed by atoms with van der Waals surface area (Å²) < 4.78 is 15.7. The van der Waals surface area contributed by atoms with E-state index in [0.717, 1.165) is 24.4 Å². The van der Waals surface area contributed by atoms with E-state index in [-0.39, 0.29) is 0 Å². The molecule has 18 heavy (non-hydrogen) atoms. The number of methoxy groups -OCH3 is 1. The van der Waals surface area contributed by atoms with Gasteiger partial charge in [0, 0.05) is 19.7 Å². The first kappa shape index (κ1) is 14.7. The Bertz CT molecular complexity index is 321. The summed E-state index contributed by atoms with van der Waals surface area (Å²) in [5.41, 5.74) is 0.981. The van der Waals surface area contributed by atoms with Crippen molar-refractivity contribution < 1.29 is 14.2 Å². The first-order chi connectivity index (χ1) is 8.86. The molecule has 102 valence electrons. The Hall–Kier alpha value is -1.33. The third-order valence-electron chi connectivity index (χ3n) is 2.22. The zero-order valence-electron chi connectivity index (χ0n) is 11.1. The number of nitrogens with one attached hydrogen (secondary N) is 1. The van der Waals surface area contributed by atoms with Gasteiger partial charge >= 0.3 is 0 Å². The van der Waals surface area contributed by atoms with Crippen LogP contribution in [0.4, 0.5) is 5.69 Å². The number of hydrogen-bond donors (Lipinski definition) is 1. The van der Waals surface area contributed by atoms with Crippen LogP contribution in [0.1, 0.15) is 13.3 Å². The molecule has 0 bridgehead atoms. The summed E-state index contributed by atoms with van der Waals surface area (Å²) in [6, 6.07) is 1.94. The van der Waals surface area contributed by atoms with Crippen molar-refractivity contribution in [2.24, 2.45) is 0 Å². The second kappa shape index (κ2) is 9.67. The fourth-order valence-corrected chi connectivity index (χ4v) is 1.33. The van der Waals surface area contributed by atoms with Gasteiger partial charge in [0.25, 0.3) is 0 Å². The van der Waals surface area contributed by atoms with Crippen LogP contribution < -0.4 is 10.1 Å². The highest BCUT2D eigenvalue weighted by atomic mass is 16.5. The van der Waals surface area contributed by atoms with Crippen LogP contribution in [0.25, 0.3) is 0 Å². The normalized spacial score (nSPS) is 10.3. The lowest BCUT2D eigenvalue weighted by molar-refractivity contribution is 0.0544. The second-order valence-corrected chi connectivity index (χ2v) is 3.79. The second-order valence-electron chi connectivity index (χ2n) is 3.79. The Morgan fingerprint density at radius 3 is 2.78 bits per heavy atom. The van der Waals surface area contributed by atoms with Gasteiger partial charge in [-0.05, 0) is 6.42 Å². The lowest BCUT2D eigenvalue weighted by Gasteiger charge is -2.09. The Balaban J connectivity index is 2.20. The maximum atomic E-state index is 5.54. The molecule has 0 radical (unpaired) electrons. The summed E-state index contributed by atoms with van der Waals surface area (Å²) in [4.78, 5) is 4.12. The highest BCUT2D eigenvalue weighted by molar-refractivity contribution is 5.44. The monoisotopic (exact) mass is 254 g/mol. The quantitative estimate of drug-likeness (QED) is 0.647. The van der Waals surface area contributed by atoms with E-state index in [1.54, 1.807) is 19.5 Å². The molecule has 1 N–H and O–H groups in total. The lowest BCUT2D eigenvalue weighted by atomic mass is 10.4. The van der Waals surface area contributed by atoms with E-state index < -0.39 is 0 Å². The summed E-state index contributed by atoms with van der Waals surface area (Å²) in [6.07, 6.45) is 4.57. The van der Waals surface area contributed by atoms with E-state index in [1.807, 2.05) is 6.07 Å². The van der Waals surface area contributed by atoms with Crippen molar-refractivity contribution in [2.45, 2.75) is 13.3 Å².